The number of Topliss-reactive ketones (excluding diaryl/α,β-unsaturated/α-hetero) is 2. The van der Waals surface area contributed by atoms with Gasteiger partial charge in [-0.05, 0) is 11.8 Å². The minimum atomic E-state index is -0.173. The maximum Gasteiger partial charge on any atom is 0.201 e. The monoisotopic (exact) mass is 168 g/mol. The molecule has 4 unspecified atom stereocenters. The highest BCUT2D eigenvalue weighted by molar-refractivity contribution is 6.39. The van der Waals surface area contributed by atoms with Gasteiger partial charge in [-0.2, -0.15) is 0 Å². The molecule has 0 amide bonds. The van der Waals surface area contributed by atoms with Gasteiger partial charge >= 0.3 is 0 Å². The third-order valence-electron chi connectivity index (χ3n) is 3.48. The van der Waals surface area contributed by atoms with Crippen molar-refractivity contribution in [3.05, 3.63) is 0 Å². The summed E-state index contributed by atoms with van der Waals surface area (Å²) in [6.45, 7) is 7.81. The quantitative estimate of drug-likeness (QED) is 0.516. The molecule has 0 spiro atoms. The van der Waals surface area contributed by atoms with Gasteiger partial charge in [-0.1, -0.05) is 27.7 Å². The fourth-order valence-electron chi connectivity index (χ4n) is 1.84. The van der Waals surface area contributed by atoms with Crippen molar-refractivity contribution in [3.63, 3.8) is 0 Å². The van der Waals surface area contributed by atoms with Crippen LogP contribution in [0.5, 0.6) is 0 Å². The van der Waals surface area contributed by atoms with Gasteiger partial charge in [-0.25, -0.2) is 0 Å². The molecule has 0 heterocycles. The van der Waals surface area contributed by atoms with Crippen LogP contribution in [0.4, 0.5) is 0 Å². The molecule has 0 bridgehead atoms. The van der Waals surface area contributed by atoms with E-state index >= 15 is 0 Å². The normalized spacial score (nSPS) is 43.3. The summed E-state index contributed by atoms with van der Waals surface area (Å²) in [4.78, 5) is 22.7. The predicted molar refractivity (Wildman–Crippen MR) is 46.7 cm³/mol. The van der Waals surface area contributed by atoms with E-state index in [2.05, 4.69) is 13.8 Å². The number of hydrogen-bond acceptors (Lipinski definition) is 2. The van der Waals surface area contributed by atoms with E-state index in [-0.39, 0.29) is 23.4 Å². The third-order valence-corrected chi connectivity index (χ3v) is 3.48. The topological polar surface area (TPSA) is 34.1 Å². The van der Waals surface area contributed by atoms with Crippen LogP contribution in [0.15, 0.2) is 0 Å². The lowest BCUT2D eigenvalue weighted by Gasteiger charge is -2.34. The Hall–Kier alpha value is -0.660. The van der Waals surface area contributed by atoms with Gasteiger partial charge in [0.25, 0.3) is 0 Å². The van der Waals surface area contributed by atoms with Crippen LogP contribution in [0, 0.1) is 23.7 Å². The molecule has 1 aliphatic carbocycles. The Morgan fingerprint density at radius 3 is 1.25 bits per heavy atom. The summed E-state index contributed by atoms with van der Waals surface area (Å²) in [7, 11) is 0. The van der Waals surface area contributed by atoms with Crippen molar-refractivity contribution in [1.29, 1.82) is 0 Å². The maximum atomic E-state index is 11.3. The lowest BCUT2D eigenvalue weighted by molar-refractivity contribution is -0.147. The molecule has 12 heavy (non-hydrogen) atoms. The molecular formula is C10H16O2. The molecule has 4 atom stereocenters. The molecule has 1 aliphatic rings. The van der Waals surface area contributed by atoms with E-state index in [0.717, 1.165) is 0 Å². The first-order valence-corrected chi connectivity index (χ1v) is 4.54. The Kier molecular flexibility index (Phi) is 2.36. The summed E-state index contributed by atoms with van der Waals surface area (Å²) in [5.41, 5.74) is 0. The van der Waals surface area contributed by atoms with Crippen molar-refractivity contribution in [1.82, 2.24) is 0 Å². The molecule has 1 rings (SSSR count). The molecule has 0 aromatic carbocycles. The number of carbonyl (C=O) groups excluding carboxylic acids is 2. The fraction of sp³-hybridized carbons (Fsp3) is 0.800. The molecule has 2 nitrogen and oxygen atoms in total. The number of hydrogen-bond donors (Lipinski definition) is 0. The van der Waals surface area contributed by atoms with Crippen LogP contribution in [-0.4, -0.2) is 11.6 Å². The third kappa shape index (κ3) is 1.19. The molecule has 0 N–H and O–H groups in total. The second kappa shape index (κ2) is 3.00. The molecule has 0 radical (unpaired) electrons. The van der Waals surface area contributed by atoms with E-state index in [1.165, 1.54) is 0 Å². The van der Waals surface area contributed by atoms with Gasteiger partial charge in [0.1, 0.15) is 0 Å². The Morgan fingerprint density at radius 2 is 1.00 bits per heavy atom. The molecule has 1 saturated carbocycles. The van der Waals surface area contributed by atoms with Gasteiger partial charge in [-0.15, -0.1) is 0 Å². The van der Waals surface area contributed by atoms with Crippen LogP contribution in [0.1, 0.15) is 27.7 Å². The maximum absolute atomic E-state index is 11.3. The minimum absolute atomic E-state index is 0.0799. The van der Waals surface area contributed by atoms with Crippen LogP contribution in [0.2, 0.25) is 0 Å². The van der Waals surface area contributed by atoms with Gasteiger partial charge in [0.05, 0.1) is 0 Å². The van der Waals surface area contributed by atoms with Gasteiger partial charge in [0.2, 0.25) is 11.6 Å². The average Bonchev–Trinajstić information content (AvgIpc) is 2.08. The molecule has 0 aromatic heterocycles. The number of rotatable bonds is 0. The predicted octanol–water partition coefficient (Wildman–Crippen LogP) is 1.68. The largest absolute Gasteiger partial charge is 0.291 e. The standard InChI is InChI=1S/C10H16O2/c1-5-6(2)8(4)10(12)9(11)7(5)3/h5-8H,1-4H3. The first kappa shape index (κ1) is 9.43. The molecule has 1 fully saturated rings. The molecule has 0 aliphatic heterocycles. The second-order valence-corrected chi connectivity index (χ2v) is 4.02. The molecule has 0 aromatic rings. The summed E-state index contributed by atoms with van der Waals surface area (Å²) in [6.07, 6.45) is 0. The van der Waals surface area contributed by atoms with Crippen molar-refractivity contribution in [2.24, 2.45) is 23.7 Å². The van der Waals surface area contributed by atoms with Crippen molar-refractivity contribution in [3.8, 4) is 0 Å². The van der Waals surface area contributed by atoms with E-state index in [1.807, 2.05) is 13.8 Å². The highest BCUT2D eigenvalue weighted by atomic mass is 16.2. The van der Waals surface area contributed by atoms with E-state index < -0.39 is 0 Å². The van der Waals surface area contributed by atoms with Crippen LogP contribution >= 0.6 is 0 Å². The SMILES string of the molecule is CC1C(=O)C(=O)C(C)C(C)C1C. The second-order valence-electron chi connectivity index (χ2n) is 4.02. The average molecular weight is 168 g/mol. The van der Waals surface area contributed by atoms with Crippen molar-refractivity contribution >= 4 is 11.6 Å². The smallest absolute Gasteiger partial charge is 0.201 e. The molecular weight excluding hydrogens is 152 g/mol. The number of ketones is 2. The molecule has 68 valence electrons. The Balaban J connectivity index is 2.91. The van der Waals surface area contributed by atoms with Crippen molar-refractivity contribution < 1.29 is 9.59 Å². The van der Waals surface area contributed by atoms with Crippen molar-refractivity contribution in [2.75, 3.05) is 0 Å². The van der Waals surface area contributed by atoms with Crippen LogP contribution in [-0.2, 0) is 9.59 Å². The van der Waals surface area contributed by atoms with E-state index in [1.54, 1.807) is 0 Å². The summed E-state index contributed by atoms with van der Waals surface area (Å²) in [5, 5.41) is 0. The summed E-state index contributed by atoms with van der Waals surface area (Å²) in [5.74, 6) is 0.170. The zero-order valence-electron chi connectivity index (χ0n) is 8.13. The highest BCUT2D eigenvalue weighted by Crippen LogP contribution is 2.33. The zero-order chi connectivity index (χ0) is 9.46. The zero-order valence-corrected chi connectivity index (χ0v) is 8.13. The summed E-state index contributed by atoms with van der Waals surface area (Å²) in [6, 6.07) is 0. The fourth-order valence-corrected chi connectivity index (χ4v) is 1.84. The summed E-state index contributed by atoms with van der Waals surface area (Å²) < 4.78 is 0. The van der Waals surface area contributed by atoms with Crippen LogP contribution in [0.3, 0.4) is 0 Å². The van der Waals surface area contributed by atoms with Crippen LogP contribution < -0.4 is 0 Å². The van der Waals surface area contributed by atoms with E-state index in [9.17, 15) is 9.59 Å². The Bertz CT molecular complexity index is 196. The van der Waals surface area contributed by atoms with Gasteiger partial charge in [-0.3, -0.25) is 9.59 Å². The van der Waals surface area contributed by atoms with E-state index in [0.29, 0.717) is 11.8 Å². The van der Waals surface area contributed by atoms with Crippen LogP contribution in [0.25, 0.3) is 0 Å². The molecule has 2 heteroatoms. The minimum Gasteiger partial charge on any atom is -0.291 e. The lowest BCUT2D eigenvalue weighted by Crippen LogP contribution is -2.43. The van der Waals surface area contributed by atoms with E-state index in [4.69, 9.17) is 0 Å². The first-order valence-electron chi connectivity index (χ1n) is 4.54. The van der Waals surface area contributed by atoms with Crippen molar-refractivity contribution in [2.45, 2.75) is 27.7 Å². The van der Waals surface area contributed by atoms with Gasteiger partial charge in [0.15, 0.2) is 0 Å². The number of carbonyl (C=O) groups is 2. The Morgan fingerprint density at radius 1 is 0.750 bits per heavy atom. The highest BCUT2D eigenvalue weighted by Gasteiger charge is 2.41. The lowest BCUT2D eigenvalue weighted by atomic mass is 9.68. The first-order chi connectivity index (χ1) is 5.46. The Labute approximate surface area is 73.3 Å². The summed E-state index contributed by atoms with van der Waals surface area (Å²) >= 11 is 0. The van der Waals surface area contributed by atoms with Gasteiger partial charge in [0, 0.05) is 11.8 Å². The molecule has 0 saturated heterocycles. The van der Waals surface area contributed by atoms with Gasteiger partial charge < -0.3 is 0 Å².